The molecule has 0 aromatic heterocycles. The molecule has 2 heterocycles. The maximum absolute atomic E-state index is 12.6. The molecule has 6 nitrogen and oxygen atoms in total. The van der Waals surface area contributed by atoms with E-state index in [1.807, 2.05) is 0 Å². The van der Waals surface area contributed by atoms with Gasteiger partial charge in [-0.2, -0.15) is 0 Å². The van der Waals surface area contributed by atoms with Crippen LogP contribution < -0.4 is 5.32 Å². The summed E-state index contributed by atoms with van der Waals surface area (Å²) in [5.41, 5.74) is 0.329. The highest BCUT2D eigenvalue weighted by Gasteiger charge is 2.37. The Morgan fingerprint density at radius 2 is 1.80 bits per heavy atom. The van der Waals surface area contributed by atoms with E-state index in [4.69, 9.17) is 23.2 Å². The molecule has 0 bridgehead atoms. The van der Waals surface area contributed by atoms with Crippen molar-refractivity contribution in [3.63, 3.8) is 0 Å². The van der Waals surface area contributed by atoms with Crippen molar-refractivity contribution in [1.29, 1.82) is 0 Å². The Morgan fingerprint density at radius 3 is 2.40 bits per heavy atom. The molecular formula is C16H22Cl2N2O4S. The molecule has 2 fully saturated rings. The normalized spacial score (nSPS) is 24.5. The molecular weight excluding hydrogens is 387 g/mol. The lowest BCUT2D eigenvalue weighted by Crippen LogP contribution is -2.44. The number of nitrogens with zero attached hydrogens (tertiary/aromatic N) is 1. The summed E-state index contributed by atoms with van der Waals surface area (Å²) in [6, 6.07) is 2.78. The molecule has 0 spiro atoms. The third-order valence-corrected chi connectivity index (χ3v) is 8.18. The SMILES string of the molecule is O=S(=O)([C@H]1CCNC1)N1CCC([C@@H](O)c2cc(Cl)c(Cl)cc2O)CC1. The number of nitrogens with one attached hydrogen (secondary N) is 1. The quantitative estimate of drug-likeness (QED) is 0.709. The highest BCUT2D eigenvalue weighted by Crippen LogP contribution is 2.39. The molecule has 1 aromatic carbocycles. The summed E-state index contributed by atoms with van der Waals surface area (Å²) in [5, 5.41) is 23.8. The lowest BCUT2D eigenvalue weighted by Gasteiger charge is -2.35. The van der Waals surface area contributed by atoms with Gasteiger partial charge in [0.2, 0.25) is 10.0 Å². The molecule has 9 heteroatoms. The molecule has 3 rings (SSSR count). The van der Waals surface area contributed by atoms with E-state index < -0.39 is 16.1 Å². The Kier molecular flexibility index (Phi) is 5.82. The average molecular weight is 409 g/mol. The van der Waals surface area contributed by atoms with Crippen molar-refractivity contribution in [2.75, 3.05) is 26.2 Å². The minimum atomic E-state index is -3.29. The molecule has 0 saturated carbocycles. The lowest BCUT2D eigenvalue weighted by molar-refractivity contribution is 0.0739. The second-order valence-corrected chi connectivity index (χ2v) is 9.69. The molecule has 2 aliphatic heterocycles. The Labute approximate surface area is 157 Å². The summed E-state index contributed by atoms with van der Waals surface area (Å²) in [6.07, 6.45) is 0.787. The monoisotopic (exact) mass is 408 g/mol. The van der Waals surface area contributed by atoms with Crippen LogP contribution in [-0.4, -0.2) is 54.4 Å². The van der Waals surface area contributed by atoms with Crippen molar-refractivity contribution in [3.8, 4) is 5.75 Å². The summed E-state index contributed by atoms with van der Waals surface area (Å²) in [5.74, 6) is -0.245. The van der Waals surface area contributed by atoms with Gasteiger partial charge in [0.15, 0.2) is 0 Å². The van der Waals surface area contributed by atoms with E-state index in [2.05, 4.69) is 5.32 Å². The van der Waals surface area contributed by atoms with Gasteiger partial charge in [-0.3, -0.25) is 0 Å². The first-order valence-corrected chi connectivity index (χ1v) is 10.6. The first-order chi connectivity index (χ1) is 11.8. The molecule has 0 radical (unpaired) electrons. The summed E-state index contributed by atoms with van der Waals surface area (Å²) in [7, 11) is -3.29. The van der Waals surface area contributed by atoms with Crippen LogP contribution in [0.25, 0.3) is 0 Å². The molecule has 2 atom stereocenters. The number of aliphatic hydroxyl groups excluding tert-OH is 1. The number of phenolic OH excluding ortho intramolecular Hbond substituents is 1. The van der Waals surface area contributed by atoms with E-state index in [-0.39, 0.29) is 27.0 Å². The van der Waals surface area contributed by atoms with Gasteiger partial charge in [0, 0.05) is 31.3 Å². The van der Waals surface area contributed by atoms with Crippen molar-refractivity contribution in [2.45, 2.75) is 30.6 Å². The smallest absolute Gasteiger partial charge is 0.218 e. The molecule has 3 N–H and O–H groups in total. The zero-order valence-corrected chi connectivity index (χ0v) is 16.0. The minimum Gasteiger partial charge on any atom is -0.508 e. The maximum atomic E-state index is 12.6. The van der Waals surface area contributed by atoms with Crippen LogP contribution in [0, 0.1) is 5.92 Å². The highest BCUT2D eigenvalue weighted by atomic mass is 35.5. The fraction of sp³-hybridized carbons (Fsp3) is 0.625. The molecule has 1 aromatic rings. The Hall–Kier alpha value is -0.570. The molecule has 25 heavy (non-hydrogen) atoms. The topological polar surface area (TPSA) is 89.9 Å². The predicted octanol–water partition coefficient (Wildman–Crippen LogP) is 2.14. The van der Waals surface area contributed by atoms with Crippen LogP contribution in [-0.2, 0) is 10.0 Å². The fourth-order valence-corrected chi connectivity index (χ4v) is 5.80. The van der Waals surface area contributed by atoms with Crippen LogP contribution in [0.3, 0.4) is 0 Å². The molecule has 0 aliphatic carbocycles. The molecule has 140 valence electrons. The molecule has 0 amide bonds. The van der Waals surface area contributed by atoms with Crippen molar-refractivity contribution in [2.24, 2.45) is 5.92 Å². The van der Waals surface area contributed by atoms with Crippen LogP contribution in [0.4, 0.5) is 0 Å². The number of phenols is 1. The van der Waals surface area contributed by atoms with Crippen molar-refractivity contribution >= 4 is 33.2 Å². The predicted molar refractivity (Wildman–Crippen MR) is 97.6 cm³/mol. The van der Waals surface area contributed by atoms with E-state index in [1.54, 1.807) is 0 Å². The van der Waals surface area contributed by atoms with E-state index in [1.165, 1.54) is 16.4 Å². The number of hydrogen-bond donors (Lipinski definition) is 3. The van der Waals surface area contributed by atoms with Gasteiger partial charge in [-0.05, 0) is 37.8 Å². The Bertz CT molecular complexity index is 730. The van der Waals surface area contributed by atoms with Crippen molar-refractivity contribution < 1.29 is 18.6 Å². The zero-order chi connectivity index (χ0) is 18.2. The summed E-state index contributed by atoms with van der Waals surface area (Å²) in [4.78, 5) is 0. The van der Waals surface area contributed by atoms with Crippen LogP contribution >= 0.6 is 23.2 Å². The average Bonchev–Trinajstić information content (AvgIpc) is 3.13. The number of aliphatic hydroxyl groups is 1. The van der Waals surface area contributed by atoms with Gasteiger partial charge in [-0.15, -0.1) is 0 Å². The van der Waals surface area contributed by atoms with Gasteiger partial charge in [-0.1, -0.05) is 23.2 Å². The first kappa shape index (κ1) is 19.2. The number of rotatable bonds is 4. The number of aromatic hydroxyl groups is 1. The van der Waals surface area contributed by atoms with Gasteiger partial charge in [0.1, 0.15) is 5.75 Å². The summed E-state index contributed by atoms with van der Waals surface area (Å²) in [6.45, 7) is 1.99. The molecule has 0 unspecified atom stereocenters. The van der Waals surface area contributed by atoms with Crippen molar-refractivity contribution in [3.05, 3.63) is 27.7 Å². The van der Waals surface area contributed by atoms with Gasteiger partial charge >= 0.3 is 0 Å². The summed E-state index contributed by atoms with van der Waals surface area (Å²) < 4.78 is 26.8. The largest absolute Gasteiger partial charge is 0.508 e. The number of benzene rings is 1. The van der Waals surface area contributed by atoms with Crippen LogP contribution in [0.2, 0.25) is 10.0 Å². The maximum Gasteiger partial charge on any atom is 0.218 e. The lowest BCUT2D eigenvalue weighted by atomic mass is 9.88. The zero-order valence-electron chi connectivity index (χ0n) is 13.7. The standard InChI is InChI=1S/C16H22Cl2N2O4S/c17-13-7-12(15(21)8-14(13)18)16(22)10-2-5-20(6-3-10)25(23,24)11-1-4-19-9-11/h7-8,10-11,16,19,21-22H,1-6,9H2/t11-,16+/m0/s1. The second kappa shape index (κ2) is 7.58. The van der Waals surface area contributed by atoms with Crippen molar-refractivity contribution in [1.82, 2.24) is 9.62 Å². The van der Waals surface area contributed by atoms with Gasteiger partial charge in [0.25, 0.3) is 0 Å². The minimum absolute atomic E-state index is 0.103. The second-order valence-electron chi connectivity index (χ2n) is 6.67. The van der Waals surface area contributed by atoms with Crippen LogP contribution in [0.5, 0.6) is 5.75 Å². The van der Waals surface area contributed by atoms with Gasteiger partial charge in [-0.25, -0.2) is 12.7 Å². The fourth-order valence-electron chi connectivity index (χ4n) is 3.58. The first-order valence-electron chi connectivity index (χ1n) is 8.36. The van der Waals surface area contributed by atoms with E-state index >= 15 is 0 Å². The number of halogens is 2. The number of hydrogen-bond acceptors (Lipinski definition) is 5. The van der Waals surface area contributed by atoms with Gasteiger partial charge < -0.3 is 15.5 Å². The van der Waals surface area contributed by atoms with Crippen LogP contribution in [0.15, 0.2) is 12.1 Å². The third kappa shape index (κ3) is 3.91. The third-order valence-electron chi connectivity index (χ3n) is 5.13. The van der Waals surface area contributed by atoms with Crippen LogP contribution in [0.1, 0.15) is 30.9 Å². The Balaban J connectivity index is 1.67. The van der Waals surface area contributed by atoms with E-state index in [0.717, 1.165) is 6.54 Å². The van der Waals surface area contributed by atoms with E-state index in [9.17, 15) is 18.6 Å². The Morgan fingerprint density at radius 1 is 1.16 bits per heavy atom. The van der Waals surface area contributed by atoms with E-state index in [0.29, 0.717) is 44.5 Å². The molecule has 2 saturated heterocycles. The number of piperidine rings is 1. The number of sulfonamides is 1. The summed E-state index contributed by atoms with van der Waals surface area (Å²) >= 11 is 11.8. The molecule has 2 aliphatic rings. The van der Waals surface area contributed by atoms with Gasteiger partial charge in [0.05, 0.1) is 21.4 Å². The highest BCUT2D eigenvalue weighted by molar-refractivity contribution is 7.89.